The summed E-state index contributed by atoms with van der Waals surface area (Å²) in [6.45, 7) is 1.27. The maximum atomic E-state index is 12.4. The highest BCUT2D eigenvalue weighted by Crippen LogP contribution is 2.20. The number of carbonyl (C=O) groups excluding carboxylic acids is 2. The van der Waals surface area contributed by atoms with Crippen molar-refractivity contribution in [2.45, 2.75) is 6.92 Å². The van der Waals surface area contributed by atoms with Gasteiger partial charge in [0.1, 0.15) is 16.9 Å². The van der Waals surface area contributed by atoms with Crippen LogP contribution in [-0.4, -0.2) is 18.9 Å². The van der Waals surface area contributed by atoms with Crippen LogP contribution < -0.4 is 15.6 Å². The van der Waals surface area contributed by atoms with E-state index >= 15 is 0 Å². The average Bonchev–Trinajstić information content (AvgIpc) is 2.61. The van der Waals surface area contributed by atoms with Gasteiger partial charge in [0.05, 0.1) is 12.8 Å². The minimum atomic E-state index is -0.566. The Kier molecular flexibility index (Phi) is 4.61. The third-order valence-electron chi connectivity index (χ3n) is 3.48. The molecule has 0 aliphatic carbocycles. The summed E-state index contributed by atoms with van der Waals surface area (Å²) in [5.41, 5.74) is 1.45. The molecule has 0 saturated heterocycles. The van der Waals surface area contributed by atoms with Crippen LogP contribution in [0.15, 0.2) is 64.0 Å². The molecular formula is C19H16N2O4. The van der Waals surface area contributed by atoms with Gasteiger partial charge in [-0.05, 0) is 30.3 Å². The van der Waals surface area contributed by atoms with Crippen LogP contribution in [0, 0.1) is 0 Å². The third-order valence-corrected chi connectivity index (χ3v) is 3.48. The second-order valence-electron chi connectivity index (χ2n) is 5.33. The number of para-hydroxylation sites is 1. The first-order valence-electron chi connectivity index (χ1n) is 7.60. The summed E-state index contributed by atoms with van der Waals surface area (Å²) in [6.07, 6.45) is 0. The Morgan fingerprint density at radius 1 is 1.08 bits per heavy atom. The molecule has 6 nitrogen and oxygen atoms in total. The van der Waals surface area contributed by atoms with Crippen LogP contribution >= 0.6 is 0 Å². The van der Waals surface area contributed by atoms with E-state index in [0.717, 1.165) is 0 Å². The Morgan fingerprint density at radius 2 is 1.84 bits per heavy atom. The van der Waals surface area contributed by atoms with Crippen LogP contribution in [0.5, 0.6) is 5.75 Å². The van der Waals surface area contributed by atoms with Crippen molar-refractivity contribution in [2.75, 3.05) is 7.11 Å². The van der Waals surface area contributed by atoms with Crippen LogP contribution in [0.2, 0.25) is 0 Å². The van der Waals surface area contributed by atoms with Crippen molar-refractivity contribution in [3.8, 4) is 5.75 Å². The second-order valence-corrected chi connectivity index (χ2v) is 5.33. The molecule has 1 N–H and O–H groups in total. The first-order chi connectivity index (χ1) is 12.1. The molecule has 0 aliphatic heterocycles. The molecule has 1 aromatic heterocycles. The number of nitrogens with zero attached hydrogens (tertiary/aromatic N) is 1. The number of ether oxygens (including phenoxy) is 1. The summed E-state index contributed by atoms with van der Waals surface area (Å²) in [6, 6.07) is 16.0. The van der Waals surface area contributed by atoms with Crippen molar-refractivity contribution in [1.29, 1.82) is 0 Å². The summed E-state index contributed by atoms with van der Waals surface area (Å²) in [7, 11) is 1.56. The van der Waals surface area contributed by atoms with Gasteiger partial charge in [0.15, 0.2) is 0 Å². The van der Waals surface area contributed by atoms with Crippen LogP contribution in [0.3, 0.4) is 0 Å². The molecule has 0 atom stereocenters. The Hall–Kier alpha value is -3.41. The van der Waals surface area contributed by atoms with E-state index in [1.165, 1.54) is 6.92 Å². The molecule has 25 heavy (non-hydrogen) atoms. The molecule has 6 heteroatoms. The van der Waals surface area contributed by atoms with Gasteiger partial charge < -0.3 is 9.15 Å². The minimum absolute atomic E-state index is 0.116. The van der Waals surface area contributed by atoms with Crippen molar-refractivity contribution >= 4 is 28.5 Å². The number of hydrogen-bond donors (Lipinski definition) is 1. The van der Waals surface area contributed by atoms with E-state index < -0.39 is 11.8 Å². The fourth-order valence-corrected chi connectivity index (χ4v) is 2.32. The fraction of sp³-hybridized carbons (Fsp3) is 0.105. The minimum Gasteiger partial charge on any atom is -0.497 e. The molecule has 0 fully saturated rings. The van der Waals surface area contributed by atoms with Crippen LogP contribution in [0.1, 0.15) is 17.3 Å². The smallest absolute Gasteiger partial charge is 0.263 e. The van der Waals surface area contributed by atoms with Crippen LogP contribution in [0.4, 0.5) is 5.69 Å². The van der Waals surface area contributed by atoms with Gasteiger partial charge in [-0.3, -0.25) is 14.9 Å². The molecule has 0 aliphatic rings. The monoisotopic (exact) mass is 336 g/mol. The van der Waals surface area contributed by atoms with Gasteiger partial charge in [-0.1, -0.05) is 18.2 Å². The van der Waals surface area contributed by atoms with Gasteiger partial charge >= 0.3 is 0 Å². The molecular weight excluding hydrogens is 320 g/mol. The average molecular weight is 336 g/mol. The Balaban J connectivity index is 2.24. The second kappa shape index (κ2) is 7.00. The first-order valence-corrected chi connectivity index (χ1v) is 7.60. The highest BCUT2D eigenvalue weighted by molar-refractivity contribution is 6.05. The lowest BCUT2D eigenvalue weighted by molar-refractivity contribution is -0.118. The maximum absolute atomic E-state index is 12.4. The largest absolute Gasteiger partial charge is 0.497 e. The summed E-state index contributed by atoms with van der Waals surface area (Å²) >= 11 is 0. The lowest BCUT2D eigenvalue weighted by Gasteiger charge is -2.06. The summed E-state index contributed by atoms with van der Waals surface area (Å²) in [5.74, 6) is -0.392. The van der Waals surface area contributed by atoms with E-state index in [4.69, 9.17) is 9.15 Å². The van der Waals surface area contributed by atoms with Gasteiger partial charge in [-0.15, -0.1) is 0 Å². The fourth-order valence-electron chi connectivity index (χ4n) is 2.32. The number of methoxy groups -OCH3 is 1. The van der Waals surface area contributed by atoms with Gasteiger partial charge in [-0.2, -0.15) is 0 Å². The van der Waals surface area contributed by atoms with E-state index in [0.29, 0.717) is 22.4 Å². The van der Waals surface area contributed by atoms with Crippen molar-refractivity contribution in [1.82, 2.24) is 5.32 Å². The number of nitrogens with one attached hydrogen (secondary N) is 1. The molecule has 3 rings (SSSR count). The van der Waals surface area contributed by atoms with Gasteiger partial charge in [0.25, 0.3) is 5.91 Å². The number of amides is 2. The summed E-state index contributed by atoms with van der Waals surface area (Å²) in [5, 5.41) is 2.95. The molecule has 0 bridgehead atoms. The van der Waals surface area contributed by atoms with E-state index in [1.807, 2.05) is 18.2 Å². The van der Waals surface area contributed by atoms with Crippen LogP contribution in [0.25, 0.3) is 11.0 Å². The Bertz CT molecular complexity index is 1010. The maximum Gasteiger partial charge on any atom is 0.263 e. The SMILES string of the molecule is COc1ccc2cc(C(=O)NC(C)=O)c(=Nc3ccccc3)oc2c1. The van der Waals surface area contributed by atoms with E-state index in [2.05, 4.69) is 10.3 Å². The summed E-state index contributed by atoms with van der Waals surface area (Å²) in [4.78, 5) is 28.0. The number of hydrogen-bond acceptors (Lipinski definition) is 5. The molecule has 0 saturated carbocycles. The predicted molar refractivity (Wildman–Crippen MR) is 92.6 cm³/mol. The molecule has 2 amide bonds. The van der Waals surface area contributed by atoms with E-state index in [1.54, 1.807) is 43.5 Å². The number of rotatable bonds is 3. The summed E-state index contributed by atoms with van der Waals surface area (Å²) < 4.78 is 11.0. The van der Waals surface area contributed by atoms with Gasteiger partial charge in [-0.25, -0.2) is 4.99 Å². The van der Waals surface area contributed by atoms with Crippen molar-refractivity contribution in [3.05, 3.63) is 65.7 Å². The molecule has 1 heterocycles. The zero-order valence-corrected chi connectivity index (χ0v) is 13.8. The van der Waals surface area contributed by atoms with E-state index in [-0.39, 0.29) is 11.1 Å². The van der Waals surface area contributed by atoms with Crippen molar-refractivity contribution in [3.63, 3.8) is 0 Å². The number of benzene rings is 2. The van der Waals surface area contributed by atoms with E-state index in [9.17, 15) is 9.59 Å². The number of imide groups is 1. The lowest BCUT2D eigenvalue weighted by Crippen LogP contribution is -2.32. The highest BCUT2D eigenvalue weighted by atomic mass is 16.5. The highest BCUT2D eigenvalue weighted by Gasteiger charge is 2.14. The normalized spacial score (nSPS) is 11.4. The van der Waals surface area contributed by atoms with Gasteiger partial charge in [0, 0.05) is 18.4 Å². The zero-order valence-electron chi connectivity index (χ0n) is 13.8. The Labute approximate surface area is 143 Å². The van der Waals surface area contributed by atoms with Crippen molar-refractivity contribution < 1.29 is 18.7 Å². The molecule has 2 aromatic carbocycles. The van der Waals surface area contributed by atoms with Crippen LogP contribution in [-0.2, 0) is 4.79 Å². The quantitative estimate of drug-likeness (QED) is 0.797. The lowest BCUT2D eigenvalue weighted by atomic mass is 10.1. The Morgan fingerprint density at radius 3 is 2.52 bits per heavy atom. The first kappa shape index (κ1) is 16.4. The number of fused-ring (bicyclic) bond motifs is 1. The molecule has 0 spiro atoms. The standard InChI is InChI=1S/C19H16N2O4/c1-12(22)20-18(23)16-10-13-8-9-15(24-2)11-17(13)25-19(16)21-14-6-4-3-5-7-14/h3-11H,1-2H3,(H,20,22,23). The topological polar surface area (TPSA) is 80.9 Å². The molecule has 3 aromatic rings. The van der Waals surface area contributed by atoms with Crippen molar-refractivity contribution in [2.24, 2.45) is 4.99 Å². The number of carbonyl (C=O) groups is 2. The third kappa shape index (κ3) is 3.74. The molecule has 0 radical (unpaired) electrons. The predicted octanol–water partition coefficient (Wildman–Crippen LogP) is 2.95. The van der Waals surface area contributed by atoms with Gasteiger partial charge in [0.2, 0.25) is 11.5 Å². The molecule has 126 valence electrons. The zero-order chi connectivity index (χ0) is 17.8. The molecule has 0 unspecified atom stereocenters.